The number of hydrogen-bond acceptors (Lipinski definition) is 4. The highest BCUT2D eigenvalue weighted by molar-refractivity contribution is 5.98. The molecule has 6 heteroatoms. The predicted octanol–water partition coefficient (Wildman–Crippen LogP) is 4.61. The van der Waals surface area contributed by atoms with E-state index < -0.39 is 0 Å². The number of hydrogen-bond donors (Lipinski definition) is 2. The van der Waals surface area contributed by atoms with E-state index in [1.54, 1.807) is 0 Å². The van der Waals surface area contributed by atoms with Gasteiger partial charge in [-0.2, -0.15) is 5.10 Å². The molecule has 0 atom stereocenters. The summed E-state index contributed by atoms with van der Waals surface area (Å²) in [5.41, 5.74) is 7.03. The van der Waals surface area contributed by atoms with Crippen molar-refractivity contribution < 1.29 is 4.79 Å². The summed E-state index contributed by atoms with van der Waals surface area (Å²) in [5, 5.41) is 9.50. The Morgan fingerprint density at radius 1 is 1.20 bits per heavy atom. The van der Waals surface area contributed by atoms with Gasteiger partial charge in [0.1, 0.15) is 6.29 Å². The number of benzene rings is 1. The Balaban J connectivity index is 1.57. The Labute approximate surface area is 175 Å². The molecule has 0 spiro atoms. The number of aromatic amines is 2. The number of aromatic nitrogens is 4. The van der Waals surface area contributed by atoms with Gasteiger partial charge in [0.25, 0.3) is 0 Å². The number of fused-ring (bicyclic) bond motifs is 2. The van der Waals surface area contributed by atoms with E-state index in [0.717, 1.165) is 54.5 Å². The van der Waals surface area contributed by atoms with E-state index in [2.05, 4.69) is 63.2 Å². The Bertz CT molecular complexity index is 1200. The van der Waals surface area contributed by atoms with Crippen molar-refractivity contribution in [3.63, 3.8) is 0 Å². The van der Waals surface area contributed by atoms with E-state index in [9.17, 15) is 4.79 Å². The number of rotatable bonds is 5. The van der Waals surface area contributed by atoms with Crippen LogP contribution in [0.5, 0.6) is 0 Å². The Morgan fingerprint density at radius 3 is 2.80 bits per heavy atom. The second-order valence-corrected chi connectivity index (χ2v) is 8.61. The van der Waals surface area contributed by atoms with Crippen LogP contribution in [0.3, 0.4) is 0 Å². The first-order valence-electron chi connectivity index (χ1n) is 10.8. The van der Waals surface area contributed by atoms with Crippen molar-refractivity contribution in [2.75, 3.05) is 19.6 Å². The molecule has 6 nitrogen and oxygen atoms in total. The summed E-state index contributed by atoms with van der Waals surface area (Å²) in [5.74, 6) is 0.936. The molecule has 0 aliphatic carbocycles. The zero-order valence-corrected chi connectivity index (χ0v) is 17.5. The molecule has 30 heavy (non-hydrogen) atoms. The number of H-pyrrole nitrogens is 2. The van der Waals surface area contributed by atoms with Gasteiger partial charge in [-0.1, -0.05) is 19.9 Å². The van der Waals surface area contributed by atoms with Crippen molar-refractivity contribution >= 4 is 28.2 Å². The third-order valence-corrected chi connectivity index (χ3v) is 6.46. The summed E-state index contributed by atoms with van der Waals surface area (Å²) in [7, 11) is 0. The van der Waals surface area contributed by atoms with Crippen molar-refractivity contribution in [3.05, 3.63) is 47.8 Å². The van der Waals surface area contributed by atoms with Crippen LogP contribution >= 0.6 is 0 Å². The van der Waals surface area contributed by atoms with Crippen LogP contribution in [-0.2, 0) is 4.79 Å². The van der Waals surface area contributed by atoms with E-state index in [4.69, 9.17) is 0 Å². The highest BCUT2D eigenvalue weighted by Crippen LogP contribution is 2.39. The van der Waals surface area contributed by atoms with Gasteiger partial charge in [0.15, 0.2) is 5.65 Å². The van der Waals surface area contributed by atoms with Crippen LogP contribution in [0.25, 0.3) is 33.2 Å². The third kappa shape index (κ3) is 3.21. The molecule has 1 fully saturated rings. The Hall–Kier alpha value is -2.99. The van der Waals surface area contributed by atoms with Crippen LogP contribution in [0, 0.1) is 0 Å². The molecule has 2 N–H and O–H groups in total. The van der Waals surface area contributed by atoms with Crippen LogP contribution in [0.15, 0.2) is 36.7 Å². The number of nitrogens with zero attached hydrogens (tertiary/aromatic N) is 3. The van der Waals surface area contributed by atoms with E-state index in [1.165, 1.54) is 22.0 Å². The molecular formula is C24H27N5O. The number of pyridine rings is 1. The molecule has 4 heterocycles. The van der Waals surface area contributed by atoms with Gasteiger partial charge in [-0.3, -0.25) is 10.00 Å². The molecule has 0 bridgehead atoms. The molecule has 5 rings (SSSR count). The quantitative estimate of drug-likeness (QED) is 0.479. The van der Waals surface area contributed by atoms with Gasteiger partial charge in [-0.25, -0.2) is 4.98 Å². The maximum Gasteiger partial charge on any atom is 0.155 e. The fourth-order valence-electron chi connectivity index (χ4n) is 4.92. The summed E-state index contributed by atoms with van der Waals surface area (Å²) >= 11 is 0. The molecular weight excluding hydrogens is 374 g/mol. The fourth-order valence-corrected chi connectivity index (χ4v) is 4.92. The molecule has 4 aromatic rings. The normalized spacial score (nSPS) is 16.1. The van der Waals surface area contributed by atoms with Crippen LogP contribution in [0.4, 0.5) is 0 Å². The number of carbonyl (C=O) groups is 1. The lowest BCUT2D eigenvalue weighted by Gasteiger charge is -2.30. The minimum atomic E-state index is 0.383. The maximum atomic E-state index is 10.8. The molecule has 1 aliphatic rings. The van der Waals surface area contributed by atoms with Crippen molar-refractivity contribution in [3.8, 4) is 11.3 Å². The average Bonchev–Trinajstić information content (AvgIpc) is 3.38. The van der Waals surface area contributed by atoms with Crippen molar-refractivity contribution in [1.29, 1.82) is 0 Å². The highest BCUT2D eigenvalue weighted by Gasteiger charge is 2.23. The van der Waals surface area contributed by atoms with E-state index >= 15 is 0 Å². The molecule has 3 aromatic heterocycles. The topological polar surface area (TPSA) is 77.7 Å². The molecule has 154 valence electrons. The second kappa shape index (κ2) is 7.69. The fraction of sp³-hybridized carbons (Fsp3) is 0.375. The van der Waals surface area contributed by atoms with Gasteiger partial charge >= 0.3 is 0 Å². The van der Waals surface area contributed by atoms with Gasteiger partial charge in [-0.15, -0.1) is 0 Å². The summed E-state index contributed by atoms with van der Waals surface area (Å²) in [4.78, 5) is 21.1. The molecule has 0 radical (unpaired) electrons. The van der Waals surface area contributed by atoms with Gasteiger partial charge in [0.2, 0.25) is 0 Å². The molecule has 0 saturated carbocycles. The number of aldehydes is 1. The standard InChI is InChI=1S/C24H27N5O/c1-15(2)22-19-13-17(16-6-9-29(10-7-16)11-12-30)3-4-21(19)27-23(22)18-5-8-25-24-20(18)14-26-28-24/h3-5,8,12-16,27H,6-7,9-11H2,1-2H3,(H,25,26,28). The zero-order chi connectivity index (χ0) is 20.7. The van der Waals surface area contributed by atoms with E-state index in [1.807, 2.05) is 12.4 Å². The molecule has 1 saturated heterocycles. The number of carbonyl (C=O) groups excluding carboxylic acids is 1. The van der Waals surface area contributed by atoms with Gasteiger partial charge < -0.3 is 9.78 Å². The van der Waals surface area contributed by atoms with Crippen LogP contribution < -0.4 is 0 Å². The SMILES string of the molecule is CC(C)c1c(-c2ccnc3[nH]ncc23)[nH]c2ccc(C3CCN(CC=O)CC3)cc12. The summed E-state index contributed by atoms with van der Waals surface area (Å²) in [6.07, 6.45) is 6.91. The molecule has 1 aromatic carbocycles. The van der Waals surface area contributed by atoms with Crippen LogP contribution in [0.2, 0.25) is 0 Å². The van der Waals surface area contributed by atoms with Gasteiger partial charge in [0.05, 0.1) is 18.4 Å². The summed E-state index contributed by atoms with van der Waals surface area (Å²) < 4.78 is 0. The average molecular weight is 402 g/mol. The number of piperidine rings is 1. The first-order valence-corrected chi connectivity index (χ1v) is 10.8. The summed E-state index contributed by atoms with van der Waals surface area (Å²) in [6.45, 7) is 7.05. The zero-order valence-electron chi connectivity index (χ0n) is 17.5. The minimum Gasteiger partial charge on any atom is -0.354 e. The Morgan fingerprint density at radius 2 is 2.03 bits per heavy atom. The van der Waals surface area contributed by atoms with Crippen molar-refractivity contribution in [2.45, 2.75) is 38.5 Å². The molecule has 1 aliphatic heterocycles. The second-order valence-electron chi connectivity index (χ2n) is 8.61. The maximum absolute atomic E-state index is 10.8. The smallest absolute Gasteiger partial charge is 0.155 e. The number of likely N-dealkylation sites (tertiary alicyclic amines) is 1. The summed E-state index contributed by atoms with van der Waals surface area (Å²) in [6, 6.07) is 8.95. The first-order chi connectivity index (χ1) is 14.7. The van der Waals surface area contributed by atoms with Gasteiger partial charge in [0, 0.05) is 28.0 Å². The lowest BCUT2D eigenvalue weighted by molar-refractivity contribution is -0.109. The predicted molar refractivity (Wildman–Crippen MR) is 120 cm³/mol. The number of nitrogens with one attached hydrogen (secondary N) is 2. The van der Waals surface area contributed by atoms with E-state index in [0.29, 0.717) is 18.4 Å². The lowest BCUT2D eigenvalue weighted by atomic mass is 9.87. The van der Waals surface area contributed by atoms with Crippen molar-refractivity contribution in [2.24, 2.45) is 0 Å². The molecule has 0 amide bonds. The first kappa shape index (κ1) is 19.0. The largest absolute Gasteiger partial charge is 0.354 e. The minimum absolute atomic E-state index is 0.383. The third-order valence-electron chi connectivity index (χ3n) is 6.46. The lowest BCUT2D eigenvalue weighted by Crippen LogP contribution is -2.34. The Kier molecular flexibility index (Phi) is 4.87. The monoisotopic (exact) mass is 401 g/mol. The highest BCUT2D eigenvalue weighted by atomic mass is 16.1. The van der Waals surface area contributed by atoms with Crippen LogP contribution in [-0.4, -0.2) is 51.0 Å². The van der Waals surface area contributed by atoms with E-state index in [-0.39, 0.29) is 0 Å². The van der Waals surface area contributed by atoms with Gasteiger partial charge in [-0.05, 0) is 67.1 Å². The van der Waals surface area contributed by atoms with Crippen molar-refractivity contribution in [1.82, 2.24) is 25.1 Å². The molecule has 0 unspecified atom stereocenters. The van der Waals surface area contributed by atoms with Crippen LogP contribution in [0.1, 0.15) is 49.7 Å².